The summed E-state index contributed by atoms with van der Waals surface area (Å²) in [6, 6.07) is 0. The van der Waals surface area contributed by atoms with Gasteiger partial charge in [0.05, 0.1) is 16.7 Å². The van der Waals surface area contributed by atoms with Crippen molar-refractivity contribution in [2.24, 2.45) is 11.8 Å². The Morgan fingerprint density at radius 3 is 2.22 bits per heavy atom. The average Bonchev–Trinajstić information content (AvgIpc) is 3.21. The SMILES string of the molecule is CCCCC(CC)C(=O)OCC(Cc1scc2c1OCCO2)OC(=O)C(CC)CCCC. The van der Waals surface area contributed by atoms with Crippen LogP contribution in [-0.2, 0) is 25.5 Å². The highest BCUT2D eigenvalue weighted by atomic mass is 32.1. The maximum Gasteiger partial charge on any atom is 0.309 e. The Morgan fingerprint density at radius 2 is 1.59 bits per heavy atom. The monoisotopic (exact) mass is 468 g/mol. The number of carbonyl (C=O) groups is 2. The second-order valence-electron chi connectivity index (χ2n) is 8.44. The summed E-state index contributed by atoms with van der Waals surface area (Å²) in [4.78, 5) is 26.5. The van der Waals surface area contributed by atoms with Crippen LogP contribution in [0.5, 0.6) is 11.5 Å². The quantitative estimate of drug-likeness (QED) is 0.296. The van der Waals surface area contributed by atoms with Crippen LogP contribution >= 0.6 is 11.3 Å². The largest absolute Gasteiger partial charge is 0.485 e. The second-order valence-corrected chi connectivity index (χ2v) is 9.40. The Balaban J connectivity index is 2.07. The standard InChI is InChI=1S/C25H40O6S/c1-5-9-11-18(7-3)24(26)30-16-20(31-25(27)19(8-4)12-10-6-2)15-22-23-21(17-32-22)28-13-14-29-23/h17-20H,5-16H2,1-4H3. The molecule has 3 atom stereocenters. The highest BCUT2D eigenvalue weighted by molar-refractivity contribution is 7.10. The van der Waals surface area contributed by atoms with E-state index in [9.17, 15) is 9.59 Å². The van der Waals surface area contributed by atoms with Gasteiger partial charge in [-0.2, -0.15) is 0 Å². The van der Waals surface area contributed by atoms with E-state index < -0.39 is 6.10 Å². The number of hydrogen-bond donors (Lipinski definition) is 0. The Hall–Kier alpha value is -1.76. The van der Waals surface area contributed by atoms with E-state index in [1.807, 2.05) is 19.2 Å². The van der Waals surface area contributed by atoms with Crippen molar-refractivity contribution in [1.29, 1.82) is 0 Å². The van der Waals surface area contributed by atoms with Gasteiger partial charge in [0.1, 0.15) is 25.9 Å². The lowest BCUT2D eigenvalue weighted by Crippen LogP contribution is -2.31. The van der Waals surface area contributed by atoms with Gasteiger partial charge in [0.15, 0.2) is 11.5 Å². The molecule has 0 N–H and O–H groups in total. The lowest BCUT2D eigenvalue weighted by Gasteiger charge is -2.23. The van der Waals surface area contributed by atoms with Gasteiger partial charge in [0.25, 0.3) is 0 Å². The number of ether oxygens (including phenoxy) is 4. The molecule has 0 aliphatic carbocycles. The molecule has 182 valence electrons. The molecule has 0 fully saturated rings. The fraction of sp³-hybridized carbons (Fsp3) is 0.760. The van der Waals surface area contributed by atoms with Crippen molar-refractivity contribution in [2.75, 3.05) is 19.8 Å². The van der Waals surface area contributed by atoms with Gasteiger partial charge in [-0.1, -0.05) is 53.4 Å². The molecule has 1 aliphatic rings. The molecule has 0 spiro atoms. The first-order chi connectivity index (χ1) is 15.5. The Labute approximate surface area is 197 Å². The molecule has 1 aromatic heterocycles. The van der Waals surface area contributed by atoms with Gasteiger partial charge in [-0.3, -0.25) is 9.59 Å². The van der Waals surface area contributed by atoms with Gasteiger partial charge in [0, 0.05) is 11.8 Å². The molecule has 0 amide bonds. The third-order valence-corrected chi connectivity index (χ3v) is 6.91. The van der Waals surface area contributed by atoms with Crippen molar-refractivity contribution in [3.63, 3.8) is 0 Å². The molecular weight excluding hydrogens is 428 g/mol. The zero-order valence-corrected chi connectivity index (χ0v) is 21.0. The number of fused-ring (bicyclic) bond motifs is 1. The van der Waals surface area contributed by atoms with Gasteiger partial charge in [0.2, 0.25) is 0 Å². The Bertz CT molecular complexity index is 701. The molecule has 1 aliphatic heterocycles. The smallest absolute Gasteiger partial charge is 0.309 e. The molecule has 0 radical (unpaired) electrons. The fourth-order valence-electron chi connectivity index (χ4n) is 3.83. The molecule has 0 saturated carbocycles. The molecule has 3 unspecified atom stereocenters. The van der Waals surface area contributed by atoms with Crippen LogP contribution in [0.2, 0.25) is 0 Å². The number of esters is 2. The van der Waals surface area contributed by atoms with Crippen molar-refractivity contribution < 1.29 is 28.5 Å². The van der Waals surface area contributed by atoms with E-state index in [2.05, 4.69) is 13.8 Å². The summed E-state index contributed by atoms with van der Waals surface area (Å²) in [5.74, 6) is 0.818. The van der Waals surface area contributed by atoms with E-state index in [1.165, 1.54) is 11.3 Å². The van der Waals surface area contributed by atoms with Crippen LogP contribution in [0.25, 0.3) is 0 Å². The summed E-state index contributed by atoms with van der Waals surface area (Å²) in [7, 11) is 0. The van der Waals surface area contributed by atoms with Gasteiger partial charge >= 0.3 is 11.9 Å². The summed E-state index contributed by atoms with van der Waals surface area (Å²) in [6.45, 7) is 9.34. The Morgan fingerprint density at radius 1 is 0.969 bits per heavy atom. The van der Waals surface area contributed by atoms with Gasteiger partial charge in [-0.05, 0) is 25.7 Å². The van der Waals surface area contributed by atoms with E-state index in [0.29, 0.717) is 19.6 Å². The van der Waals surface area contributed by atoms with Crippen LogP contribution in [0.15, 0.2) is 5.38 Å². The third kappa shape index (κ3) is 7.98. The molecule has 0 bridgehead atoms. The molecule has 6 nitrogen and oxygen atoms in total. The van der Waals surface area contributed by atoms with Gasteiger partial charge in [-0.15, -0.1) is 11.3 Å². The highest BCUT2D eigenvalue weighted by Crippen LogP contribution is 2.40. The maximum atomic E-state index is 12.9. The van der Waals surface area contributed by atoms with E-state index in [-0.39, 0.29) is 30.4 Å². The summed E-state index contributed by atoms with van der Waals surface area (Å²) >= 11 is 1.52. The molecule has 0 aromatic carbocycles. The average molecular weight is 469 g/mol. The second kappa shape index (κ2) is 14.4. The molecular formula is C25H40O6S. The summed E-state index contributed by atoms with van der Waals surface area (Å²) in [5, 5.41) is 1.92. The summed E-state index contributed by atoms with van der Waals surface area (Å²) in [6.07, 6.45) is 7.12. The molecule has 2 rings (SSSR count). The predicted octanol–water partition coefficient (Wildman–Crippen LogP) is 5.95. The lowest BCUT2D eigenvalue weighted by molar-refractivity contribution is -0.164. The normalized spacial score (nSPS) is 15.6. The first-order valence-corrected chi connectivity index (χ1v) is 13.1. The molecule has 32 heavy (non-hydrogen) atoms. The van der Waals surface area contributed by atoms with E-state index in [4.69, 9.17) is 18.9 Å². The lowest BCUT2D eigenvalue weighted by atomic mass is 9.99. The molecule has 7 heteroatoms. The zero-order valence-electron chi connectivity index (χ0n) is 20.2. The third-order valence-electron chi connectivity index (χ3n) is 5.94. The minimum atomic E-state index is -0.543. The van der Waals surface area contributed by atoms with Crippen LogP contribution in [0.3, 0.4) is 0 Å². The highest BCUT2D eigenvalue weighted by Gasteiger charge is 2.28. The van der Waals surface area contributed by atoms with Crippen molar-refractivity contribution in [1.82, 2.24) is 0 Å². The fourth-order valence-corrected chi connectivity index (χ4v) is 4.80. The summed E-state index contributed by atoms with van der Waals surface area (Å²) in [5.41, 5.74) is 0. The molecule has 0 saturated heterocycles. The van der Waals surface area contributed by atoms with Crippen LogP contribution in [-0.4, -0.2) is 37.9 Å². The zero-order chi connectivity index (χ0) is 23.3. The first-order valence-electron chi connectivity index (χ1n) is 12.3. The first kappa shape index (κ1) is 26.5. The summed E-state index contributed by atoms with van der Waals surface area (Å²) < 4.78 is 23.0. The van der Waals surface area contributed by atoms with E-state index >= 15 is 0 Å². The van der Waals surface area contributed by atoms with Gasteiger partial charge in [-0.25, -0.2) is 0 Å². The van der Waals surface area contributed by atoms with Crippen molar-refractivity contribution in [3.05, 3.63) is 10.3 Å². The van der Waals surface area contributed by atoms with E-state index in [0.717, 1.165) is 67.7 Å². The van der Waals surface area contributed by atoms with Crippen molar-refractivity contribution in [2.45, 2.75) is 91.6 Å². The van der Waals surface area contributed by atoms with Crippen LogP contribution < -0.4 is 9.47 Å². The Kier molecular flexibility index (Phi) is 11.9. The predicted molar refractivity (Wildman–Crippen MR) is 126 cm³/mol. The topological polar surface area (TPSA) is 71.1 Å². The maximum absolute atomic E-state index is 12.9. The minimum Gasteiger partial charge on any atom is -0.485 e. The number of rotatable bonds is 15. The molecule has 1 aromatic rings. The number of thiophene rings is 1. The molecule has 2 heterocycles. The van der Waals surface area contributed by atoms with Crippen molar-refractivity contribution in [3.8, 4) is 11.5 Å². The van der Waals surface area contributed by atoms with Crippen molar-refractivity contribution >= 4 is 23.3 Å². The number of hydrogen-bond acceptors (Lipinski definition) is 7. The minimum absolute atomic E-state index is 0.0605. The number of unbranched alkanes of at least 4 members (excludes halogenated alkanes) is 2. The van der Waals surface area contributed by atoms with Crippen LogP contribution in [0, 0.1) is 11.8 Å². The van der Waals surface area contributed by atoms with Gasteiger partial charge < -0.3 is 18.9 Å². The van der Waals surface area contributed by atoms with Crippen LogP contribution in [0.1, 0.15) is 83.9 Å². The van der Waals surface area contributed by atoms with E-state index in [1.54, 1.807) is 0 Å². The van der Waals surface area contributed by atoms with Crippen LogP contribution in [0.4, 0.5) is 0 Å². The number of carbonyl (C=O) groups excluding carboxylic acids is 2.